The minimum Gasteiger partial charge on any atom is -0.354 e. The van der Waals surface area contributed by atoms with Crippen molar-refractivity contribution in [2.45, 2.75) is 46.0 Å². The van der Waals surface area contributed by atoms with Gasteiger partial charge in [-0.05, 0) is 55.0 Å². The molecule has 1 aromatic carbocycles. The zero-order valence-electron chi connectivity index (χ0n) is 16.8. The summed E-state index contributed by atoms with van der Waals surface area (Å²) in [5, 5.41) is 0.573. The second-order valence-corrected chi connectivity index (χ2v) is 8.00. The van der Waals surface area contributed by atoms with Gasteiger partial charge in [-0.25, -0.2) is 4.98 Å². The molecule has 1 fully saturated rings. The van der Waals surface area contributed by atoms with Crippen molar-refractivity contribution < 1.29 is 0 Å². The Hall–Kier alpha value is -1.58. The number of hydrogen-bond donors (Lipinski definition) is 0. The van der Waals surface area contributed by atoms with E-state index in [1.807, 2.05) is 18.2 Å². The first kappa shape index (κ1) is 20.2. The molecule has 0 N–H and O–H groups in total. The van der Waals surface area contributed by atoms with Crippen LogP contribution in [0.15, 0.2) is 36.4 Å². The van der Waals surface area contributed by atoms with Gasteiger partial charge in [0, 0.05) is 32.7 Å². The summed E-state index contributed by atoms with van der Waals surface area (Å²) < 4.78 is 0. The number of nitrogens with zero attached hydrogens (tertiary/aromatic N) is 3. The monoisotopic (exact) mass is 385 g/mol. The number of aromatic nitrogens is 1. The van der Waals surface area contributed by atoms with Gasteiger partial charge in [0.1, 0.15) is 11.0 Å². The fourth-order valence-electron chi connectivity index (χ4n) is 3.78. The lowest BCUT2D eigenvalue weighted by molar-refractivity contribution is 0.260. The quantitative estimate of drug-likeness (QED) is 0.463. The van der Waals surface area contributed by atoms with E-state index < -0.39 is 0 Å². The summed E-state index contributed by atoms with van der Waals surface area (Å²) in [4.78, 5) is 9.34. The van der Waals surface area contributed by atoms with Crippen LogP contribution in [0, 0.1) is 6.92 Å². The average Bonchev–Trinajstić information content (AvgIpc) is 2.69. The number of piperazine rings is 1. The first-order valence-electron chi connectivity index (χ1n) is 10.3. The molecule has 2 aromatic rings. The molecule has 2 heterocycles. The highest BCUT2D eigenvalue weighted by Crippen LogP contribution is 2.18. The Balaban J connectivity index is 1.48. The molecule has 0 radical (unpaired) electrons. The molecular formula is C23H32ClN3. The fourth-order valence-corrected chi connectivity index (χ4v) is 3.94. The first-order valence-corrected chi connectivity index (χ1v) is 10.7. The maximum Gasteiger partial charge on any atom is 0.131 e. The number of rotatable bonds is 8. The number of anilines is 1. The summed E-state index contributed by atoms with van der Waals surface area (Å²) in [5.74, 6) is 0.998. The molecule has 1 aromatic heterocycles. The van der Waals surface area contributed by atoms with Crippen molar-refractivity contribution >= 4 is 17.4 Å². The van der Waals surface area contributed by atoms with Gasteiger partial charge in [-0.2, -0.15) is 0 Å². The molecule has 0 spiro atoms. The summed E-state index contributed by atoms with van der Waals surface area (Å²) >= 11 is 6.03. The van der Waals surface area contributed by atoms with Crippen LogP contribution in [-0.4, -0.2) is 42.6 Å². The molecule has 27 heavy (non-hydrogen) atoms. The van der Waals surface area contributed by atoms with E-state index in [1.54, 1.807) is 0 Å². The molecule has 0 amide bonds. The van der Waals surface area contributed by atoms with E-state index in [0.717, 1.165) is 45.0 Å². The van der Waals surface area contributed by atoms with Crippen molar-refractivity contribution in [3.05, 3.63) is 58.2 Å². The summed E-state index contributed by atoms with van der Waals surface area (Å²) in [7, 11) is 0. The number of unbranched alkanes of at least 4 members (excludes halogenated alkanes) is 2. The van der Waals surface area contributed by atoms with E-state index in [9.17, 15) is 0 Å². The van der Waals surface area contributed by atoms with Crippen molar-refractivity contribution in [1.82, 2.24) is 9.88 Å². The Bertz CT molecular complexity index is 723. The standard InChI is InChI=1S/C23H32ClN3/c1-3-4-5-7-21-18-20(11-10-19(21)2)12-13-26-14-16-27(17-15-26)23-9-6-8-22(24)25-23/h6,8-11,18H,3-5,7,12-17H2,1-2H3. The topological polar surface area (TPSA) is 19.4 Å². The maximum atomic E-state index is 6.03. The second kappa shape index (κ2) is 10.1. The van der Waals surface area contributed by atoms with E-state index in [4.69, 9.17) is 11.6 Å². The van der Waals surface area contributed by atoms with E-state index in [-0.39, 0.29) is 0 Å². The molecule has 0 unspecified atom stereocenters. The summed E-state index contributed by atoms with van der Waals surface area (Å²) in [6.07, 6.45) is 6.28. The predicted octanol–water partition coefficient (Wildman–Crippen LogP) is 5.14. The van der Waals surface area contributed by atoms with Crippen LogP contribution in [0.2, 0.25) is 5.15 Å². The van der Waals surface area contributed by atoms with Gasteiger partial charge in [0.25, 0.3) is 0 Å². The zero-order chi connectivity index (χ0) is 19.1. The highest BCUT2D eigenvalue weighted by Gasteiger charge is 2.18. The minimum absolute atomic E-state index is 0.573. The number of aryl methyl sites for hydroxylation is 2. The average molecular weight is 386 g/mol. The van der Waals surface area contributed by atoms with Gasteiger partial charge in [-0.3, -0.25) is 4.90 Å². The molecule has 0 bridgehead atoms. The highest BCUT2D eigenvalue weighted by atomic mass is 35.5. The smallest absolute Gasteiger partial charge is 0.131 e. The molecule has 0 atom stereocenters. The Kier molecular flexibility index (Phi) is 7.54. The van der Waals surface area contributed by atoms with Crippen LogP contribution in [-0.2, 0) is 12.8 Å². The van der Waals surface area contributed by atoms with Crippen LogP contribution in [0.5, 0.6) is 0 Å². The summed E-state index contributed by atoms with van der Waals surface area (Å²) in [6, 6.07) is 12.9. The lowest BCUT2D eigenvalue weighted by Gasteiger charge is -2.35. The van der Waals surface area contributed by atoms with Crippen LogP contribution in [0.3, 0.4) is 0 Å². The number of pyridine rings is 1. The number of benzene rings is 1. The van der Waals surface area contributed by atoms with E-state index in [1.165, 1.54) is 42.4 Å². The van der Waals surface area contributed by atoms with Crippen LogP contribution in [0.25, 0.3) is 0 Å². The SMILES string of the molecule is CCCCCc1cc(CCN2CCN(c3cccc(Cl)n3)CC2)ccc1C. The molecule has 1 aliphatic heterocycles. The van der Waals surface area contributed by atoms with Crippen molar-refractivity contribution in [3.8, 4) is 0 Å². The highest BCUT2D eigenvalue weighted by molar-refractivity contribution is 6.29. The molecule has 3 rings (SSSR count). The third kappa shape index (κ3) is 5.95. The molecule has 146 valence electrons. The van der Waals surface area contributed by atoms with Crippen LogP contribution in [0.1, 0.15) is 42.9 Å². The largest absolute Gasteiger partial charge is 0.354 e. The number of hydrogen-bond acceptors (Lipinski definition) is 3. The van der Waals surface area contributed by atoms with Crippen LogP contribution < -0.4 is 4.90 Å². The van der Waals surface area contributed by atoms with Gasteiger partial charge in [0.05, 0.1) is 0 Å². The predicted molar refractivity (Wildman–Crippen MR) is 116 cm³/mol. The Labute approximate surface area is 169 Å². The van der Waals surface area contributed by atoms with Crippen LogP contribution in [0.4, 0.5) is 5.82 Å². The Morgan fingerprint density at radius 2 is 1.81 bits per heavy atom. The van der Waals surface area contributed by atoms with Gasteiger partial charge >= 0.3 is 0 Å². The lowest BCUT2D eigenvalue weighted by atomic mass is 9.98. The van der Waals surface area contributed by atoms with Gasteiger partial charge < -0.3 is 4.90 Å². The molecule has 0 saturated carbocycles. The van der Waals surface area contributed by atoms with Crippen LogP contribution >= 0.6 is 11.6 Å². The summed E-state index contributed by atoms with van der Waals surface area (Å²) in [5.41, 5.74) is 4.46. The van der Waals surface area contributed by atoms with Gasteiger partial charge in [0.15, 0.2) is 0 Å². The number of halogens is 1. The first-order chi connectivity index (χ1) is 13.2. The van der Waals surface area contributed by atoms with Crippen molar-refractivity contribution in [2.24, 2.45) is 0 Å². The molecule has 0 aliphatic carbocycles. The maximum absolute atomic E-state index is 6.03. The van der Waals surface area contributed by atoms with Gasteiger partial charge in [-0.1, -0.05) is 55.6 Å². The molecule has 3 nitrogen and oxygen atoms in total. The van der Waals surface area contributed by atoms with E-state index in [0.29, 0.717) is 5.15 Å². The van der Waals surface area contributed by atoms with E-state index >= 15 is 0 Å². The molecule has 1 aliphatic rings. The Morgan fingerprint density at radius 1 is 1.00 bits per heavy atom. The van der Waals surface area contributed by atoms with Gasteiger partial charge in [-0.15, -0.1) is 0 Å². The third-order valence-electron chi connectivity index (χ3n) is 5.58. The zero-order valence-corrected chi connectivity index (χ0v) is 17.5. The van der Waals surface area contributed by atoms with Crippen molar-refractivity contribution in [3.63, 3.8) is 0 Å². The lowest BCUT2D eigenvalue weighted by Crippen LogP contribution is -2.47. The normalized spacial score (nSPS) is 15.3. The van der Waals surface area contributed by atoms with Crippen molar-refractivity contribution in [1.29, 1.82) is 0 Å². The molecular weight excluding hydrogens is 354 g/mol. The van der Waals surface area contributed by atoms with E-state index in [2.05, 4.69) is 46.8 Å². The third-order valence-corrected chi connectivity index (χ3v) is 5.79. The second-order valence-electron chi connectivity index (χ2n) is 7.62. The van der Waals surface area contributed by atoms with Gasteiger partial charge in [0.2, 0.25) is 0 Å². The van der Waals surface area contributed by atoms with Crippen molar-refractivity contribution in [2.75, 3.05) is 37.6 Å². The fraction of sp³-hybridized carbons (Fsp3) is 0.522. The summed E-state index contributed by atoms with van der Waals surface area (Å²) in [6.45, 7) is 9.85. The minimum atomic E-state index is 0.573. The molecule has 1 saturated heterocycles. The molecule has 4 heteroatoms. The Morgan fingerprint density at radius 3 is 2.56 bits per heavy atom.